The molecule has 0 spiro atoms. The maximum absolute atomic E-state index is 12.7. The molecule has 4 aromatic rings. The van der Waals surface area contributed by atoms with E-state index in [0.29, 0.717) is 17.3 Å². The smallest absolute Gasteiger partial charge is 0.399 e. The molecule has 1 aliphatic rings. The highest BCUT2D eigenvalue weighted by Crippen LogP contribution is 2.27. The molecule has 2 aromatic heterocycles. The number of aryl methyl sites for hydroxylation is 1. The molecule has 0 saturated carbocycles. The third kappa shape index (κ3) is 6.64. The van der Waals surface area contributed by atoms with Crippen LogP contribution < -0.4 is 15.4 Å². The molecule has 0 radical (unpaired) electrons. The van der Waals surface area contributed by atoms with Crippen LogP contribution in [-0.4, -0.2) is 60.6 Å². The van der Waals surface area contributed by atoms with E-state index in [1.165, 1.54) is 11.3 Å². The predicted molar refractivity (Wildman–Crippen MR) is 149 cm³/mol. The van der Waals surface area contributed by atoms with Gasteiger partial charge in [-0.05, 0) is 47.7 Å². The van der Waals surface area contributed by atoms with Crippen LogP contribution in [0, 0.1) is 6.92 Å². The number of morpholine rings is 1. The van der Waals surface area contributed by atoms with Crippen molar-refractivity contribution in [2.45, 2.75) is 13.5 Å². The lowest BCUT2D eigenvalue weighted by atomic mass is 10.1. The molecule has 192 valence electrons. The monoisotopic (exact) mass is 517 g/mol. The number of aromatic nitrogens is 2. The van der Waals surface area contributed by atoms with Crippen molar-refractivity contribution in [3.8, 4) is 5.06 Å². The number of carbonyl (C=O) groups excluding carboxylic acids is 1. The number of nitrogens with one attached hydrogen (secondary N) is 3. The van der Waals surface area contributed by atoms with Gasteiger partial charge in [0.15, 0.2) is 5.06 Å². The van der Waals surface area contributed by atoms with Crippen LogP contribution >= 0.6 is 11.3 Å². The first-order chi connectivity index (χ1) is 18.2. The first-order valence-corrected chi connectivity index (χ1v) is 13.3. The first-order valence-electron chi connectivity index (χ1n) is 12.4. The van der Waals surface area contributed by atoms with Gasteiger partial charge in [0, 0.05) is 43.7 Å². The second-order valence-corrected chi connectivity index (χ2v) is 9.82. The summed E-state index contributed by atoms with van der Waals surface area (Å²) in [4.78, 5) is 15.1. The van der Waals surface area contributed by atoms with Crippen molar-refractivity contribution in [2.24, 2.45) is 0 Å². The maximum atomic E-state index is 12.7. The minimum absolute atomic E-state index is 0.511. The fourth-order valence-electron chi connectivity index (χ4n) is 4.23. The molecule has 3 N–H and O–H groups in total. The van der Waals surface area contributed by atoms with Crippen molar-refractivity contribution < 1.29 is 14.3 Å². The third-order valence-electron chi connectivity index (χ3n) is 6.31. The van der Waals surface area contributed by atoms with Crippen molar-refractivity contribution in [3.63, 3.8) is 0 Å². The number of rotatable bonds is 9. The minimum atomic E-state index is -0.511. The van der Waals surface area contributed by atoms with Crippen LogP contribution in [0.2, 0.25) is 0 Å². The van der Waals surface area contributed by atoms with E-state index in [0.717, 1.165) is 72.7 Å². The van der Waals surface area contributed by atoms with E-state index >= 15 is 0 Å². The van der Waals surface area contributed by atoms with Crippen molar-refractivity contribution in [3.05, 3.63) is 76.3 Å². The molecule has 1 amide bonds. The van der Waals surface area contributed by atoms with Gasteiger partial charge in [0.05, 0.1) is 30.1 Å². The second kappa shape index (κ2) is 12.2. The minimum Gasteiger partial charge on any atom is -0.399 e. The zero-order valence-corrected chi connectivity index (χ0v) is 21.6. The molecule has 1 fully saturated rings. The van der Waals surface area contributed by atoms with Crippen LogP contribution in [0.1, 0.15) is 22.4 Å². The maximum Gasteiger partial charge on any atom is 0.417 e. The molecule has 5 rings (SSSR count). The molecule has 9 heteroatoms. The Bertz CT molecular complexity index is 1370. The Labute approximate surface area is 220 Å². The summed E-state index contributed by atoms with van der Waals surface area (Å²) >= 11 is 1.40. The topological polar surface area (TPSA) is 91.5 Å². The molecule has 0 atom stereocenters. The summed E-state index contributed by atoms with van der Waals surface area (Å²) in [6, 6.07) is 16.0. The van der Waals surface area contributed by atoms with Crippen LogP contribution in [0.4, 0.5) is 10.5 Å². The van der Waals surface area contributed by atoms with Gasteiger partial charge in [0.25, 0.3) is 0 Å². The van der Waals surface area contributed by atoms with E-state index in [1.54, 1.807) is 0 Å². The average molecular weight is 518 g/mol. The molecule has 8 nitrogen and oxygen atoms in total. The molecular formula is C28H31N5O3S. The Morgan fingerprint density at radius 3 is 2.89 bits per heavy atom. The van der Waals surface area contributed by atoms with Gasteiger partial charge in [-0.1, -0.05) is 36.4 Å². The van der Waals surface area contributed by atoms with Gasteiger partial charge in [0.2, 0.25) is 0 Å². The van der Waals surface area contributed by atoms with Gasteiger partial charge in [-0.15, -0.1) is 11.3 Å². The summed E-state index contributed by atoms with van der Waals surface area (Å²) in [5.41, 5.74) is 5.38. The number of thiophene rings is 1. The lowest BCUT2D eigenvalue weighted by molar-refractivity contribution is 0.0384. The molecule has 0 bridgehead atoms. The highest BCUT2D eigenvalue weighted by molar-refractivity contribution is 7.12. The first kappa shape index (κ1) is 25.2. The Balaban J connectivity index is 1.30. The van der Waals surface area contributed by atoms with Crippen molar-refractivity contribution in [2.75, 3.05) is 44.7 Å². The quantitative estimate of drug-likeness (QED) is 0.267. The highest BCUT2D eigenvalue weighted by atomic mass is 32.1. The normalized spacial score (nSPS) is 14.4. The molecule has 0 unspecified atom stereocenters. The van der Waals surface area contributed by atoms with Crippen LogP contribution in [0.15, 0.2) is 53.9 Å². The van der Waals surface area contributed by atoms with E-state index in [1.807, 2.05) is 66.9 Å². The summed E-state index contributed by atoms with van der Waals surface area (Å²) in [5, 5.41) is 17.5. The fourth-order valence-corrected chi connectivity index (χ4v) is 5.00. The van der Waals surface area contributed by atoms with Gasteiger partial charge in [-0.2, -0.15) is 5.10 Å². The predicted octanol–water partition coefficient (Wildman–Crippen LogP) is 5.14. The Morgan fingerprint density at radius 1 is 1.19 bits per heavy atom. The van der Waals surface area contributed by atoms with Crippen molar-refractivity contribution >= 4 is 46.2 Å². The number of benzene rings is 2. The SMILES string of the molecule is Cc1ccsc1OC(=O)Nc1cc(CNCCN2CCOCC2)ccc1/C=C/c1n[nH]c2ccccc12. The fraction of sp³-hybridized carbons (Fsp3) is 0.286. The molecule has 3 heterocycles. The zero-order chi connectivity index (χ0) is 25.5. The van der Waals surface area contributed by atoms with Crippen molar-refractivity contribution in [1.82, 2.24) is 20.4 Å². The van der Waals surface area contributed by atoms with Gasteiger partial charge < -0.3 is 14.8 Å². The number of aromatic amines is 1. The average Bonchev–Trinajstić information content (AvgIpc) is 3.52. The number of amides is 1. The number of para-hydroxylation sites is 1. The Morgan fingerprint density at radius 2 is 2.05 bits per heavy atom. The standard InChI is InChI=1S/C28H31N5O3S/c1-20-10-17-37-27(20)36-28(34)30-26-18-21(19-29-11-12-33-13-15-35-16-14-33)6-7-22(26)8-9-25-23-4-2-3-5-24(23)31-32-25/h2-10,17-18,29H,11-16,19H2,1H3,(H,30,34)(H,31,32)/b9-8+. The summed E-state index contributed by atoms with van der Waals surface area (Å²) in [5.74, 6) is 0. The summed E-state index contributed by atoms with van der Waals surface area (Å²) < 4.78 is 11.0. The van der Waals surface area contributed by atoms with E-state index in [4.69, 9.17) is 9.47 Å². The lowest BCUT2D eigenvalue weighted by Gasteiger charge is -2.26. The summed E-state index contributed by atoms with van der Waals surface area (Å²) in [7, 11) is 0. The molecular weight excluding hydrogens is 486 g/mol. The number of nitrogens with zero attached hydrogens (tertiary/aromatic N) is 2. The van der Waals surface area contributed by atoms with Crippen LogP contribution in [0.5, 0.6) is 5.06 Å². The van der Waals surface area contributed by atoms with Crippen LogP contribution in [0.25, 0.3) is 23.1 Å². The zero-order valence-electron chi connectivity index (χ0n) is 20.8. The Kier molecular flexibility index (Phi) is 8.27. The number of hydrogen-bond acceptors (Lipinski definition) is 7. The Hall–Kier alpha value is -3.50. The van der Waals surface area contributed by atoms with Gasteiger partial charge >= 0.3 is 6.09 Å². The van der Waals surface area contributed by atoms with Gasteiger partial charge in [0.1, 0.15) is 0 Å². The third-order valence-corrected chi connectivity index (χ3v) is 7.20. The number of H-pyrrole nitrogens is 1. The van der Waals surface area contributed by atoms with Gasteiger partial charge in [-0.25, -0.2) is 4.79 Å². The largest absolute Gasteiger partial charge is 0.417 e. The lowest BCUT2D eigenvalue weighted by Crippen LogP contribution is -2.40. The van der Waals surface area contributed by atoms with Gasteiger partial charge in [-0.3, -0.25) is 15.3 Å². The number of fused-ring (bicyclic) bond motifs is 1. The summed E-state index contributed by atoms with van der Waals surface area (Å²) in [6.07, 6.45) is 3.40. The molecule has 1 saturated heterocycles. The van der Waals surface area contributed by atoms with Crippen molar-refractivity contribution in [1.29, 1.82) is 0 Å². The number of carbonyl (C=O) groups is 1. The van der Waals surface area contributed by atoms with E-state index < -0.39 is 6.09 Å². The van der Waals surface area contributed by atoms with Crippen LogP contribution in [0.3, 0.4) is 0 Å². The highest BCUT2D eigenvalue weighted by Gasteiger charge is 2.13. The molecule has 0 aliphatic carbocycles. The van der Waals surface area contributed by atoms with E-state index in [9.17, 15) is 4.79 Å². The molecule has 2 aromatic carbocycles. The molecule has 37 heavy (non-hydrogen) atoms. The molecule has 1 aliphatic heterocycles. The second-order valence-electron chi connectivity index (χ2n) is 8.95. The van der Waals surface area contributed by atoms with Crippen LogP contribution in [-0.2, 0) is 11.3 Å². The number of ether oxygens (including phenoxy) is 2. The number of anilines is 1. The number of hydrogen-bond donors (Lipinski definition) is 3. The van der Waals surface area contributed by atoms with E-state index in [2.05, 4.69) is 31.8 Å². The summed E-state index contributed by atoms with van der Waals surface area (Å²) in [6.45, 7) is 8.06. The van der Waals surface area contributed by atoms with E-state index in [-0.39, 0.29) is 0 Å².